The van der Waals surface area contributed by atoms with E-state index in [9.17, 15) is 4.79 Å². The largest absolute Gasteiger partial charge is 0.480 e. The SMILES string of the molecule is CCCN(CCC(C)(C)OC)CC(=O)O. The Labute approximate surface area is 92.2 Å². The second kappa shape index (κ2) is 6.80. The summed E-state index contributed by atoms with van der Waals surface area (Å²) in [7, 11) is 1.68. The molecule has 0 heterocycles. The summed E-state index contributed by atoms with van der Waals surface area (Å²) in [6, 6.07) is 0. The van der Waals surface area contributed by atoms with E-state index in [-0.39, 0.29) is 12.1 Å². The van der Waals surface area contributed by atoms with Gasteiger partial charge < -0.3 is 9.84 Å². The molecule has 0 aliphatic heterocycles. The molecule has 0 aliphatic carbocycles. The van der Waals surface area contributed by atoms with Gasteiger partial charge in [0.1, 0.15) is 0 Å². The molecule has 0 aliphatic rings. The molecule has 0 radical (unpaired) electrons. The molecule has 1 N–H and O–H groups in total. The lowest BCUT2D eigenvalue weighted by Gasteiger charge is -2.27. The zero-order valence-electron chi connectivity index (χ0n) is 10.2. The number of hydrogen-bond acceptors (Lipinski definition) is 3. The zero-order valence-corrected chi connectivity index (χ0v) is 10.2. The molecule has 4 nitrogen and oxygen atoms in total. The van der Waals surface area contributed by atoms with Crippen molar-refractivity contribution < 1.29 is 14.6 Å². The van der Waals surface area contributed by atoms with Crippen molar-refractivity contribution in [3.63, 3.8) is 0 Å². The van der Waals surface area contributed by atoms with Crippen LogP contribution in [0.15, 0.2) is 0 Å². The van der Waals surface area contributed by atoms with Crippen molar-refractivity contribution in [2.24, 2.45) is 0 Å². The van der Waals surface area contributed by atoms with Gasteiger partial charge in [0.2, 0.25) is 0 Å². The molecular formula is C11H23NO3. The van der Waals surface area contributed by atoms with E-state index in [4.69, 9.17) is 9.84 Å². The topological polar surface area (TPSA) is 49.8 Å². The fourth-order valence-corrected chi connectivity index (χ4v) is 1.31. The molecule has 0 amide bonds. The third-order valence-corrected chi connectivity index (χ3v) is 2.48. The first-order chi connectivity index (χ1) is 6.91. The lowest BCUT2D eigenvalue weighted by atomic mass is 10.1. The first-order valence-electron chi connectivity index (χ1n) is 5.40. The van der Waals surface area contributed by atoms with Gasteiger partial charge in [-0.15, -0.1) is 0 Å². The first kappa shape index (κ1) is 14.4. The van der Waals surface area contributed by atoms with Gasteiger partial charge >= 0.3 is 5.97 Å². The smallest absolute Gasteiger partial charge is 0.317 e. The van der Waals surface area contributed by atoms with Crippen molar-refractivity contribution in [2.75, 3.05) is 26.7 Å². The van der Waals surface area contributed by atoms with Crippen LogP contribution in [0.3, 0.4) is 0 Å². The van der Waals surface area contributed by atoms with Gasteiger partial charge in [-0.3, -0.25) is 9.69 Å². The summed E-state index contributed by atoms with van der Waals surface area (Å²) in [6.45, 7) is 7.78. The summed E-state index contributed by atoms with van der Waals surface area (Å²) in [5, 5.41) is 8.72. The van der Waals surface area contributed by atoms with Gasteiger partial charge in [-0.25, -0.2) is 0 Å². The molecule has 0 fully saturated rings. The molecular weight excluding hydrogens is 194 g/mol. The van der Waals surface area contributed by atoms with Gasteiger partial charge in [0.15, 0.2) is 0 Å². The Morgan fingerprint density at radius 2 is 2.00 bits per heavy atom. The highest BCUT2D eigenvalue weighted by atomic mass is 16.5. The van der Waals surface area contributed by atoms with E-state index in [1.54, 1.807) is 7.11 Å². The number of aliphatic carboxylic acids is 1. The maximum absolute atomic E-state index is 10.6. The first-order valence-corrected chi connectivity index (χ1v) is 5.40. The molecule has 0 spiro atoms. The van der Waals surface area contributed by atoms with Crippen LogP contribution in [0, 0.1) is 0 Å². The Kier molecular flexibility index (Phi) is 6.52. The molecule has 0 aromatic carbocycles. The van der Waals surface area contributed by atoms with Gasteiger partial charge in [0.25, 0.3) is 0 Å². The summed E-state index contributed by atoms with van der Waals surface area (Å²) >= 11 is 0. The normalized spacial score (nSPS) is 12.1. The van der Waals surface area contributed by atoms with E-state index in [1.165, 1.54) is 0 Å². The molecule has 0 atom stereocenters. The van der Waals surface area contributed by atoms with E-state index >= 15 is 0 Å². The average Bonchev–Trinajstić information content (AvgIpc) is 2.14. The van der Waals surface area contributed by atoms with Crippen LogP contribution < -0.4 is 0 Å². The summed E-state index contributed by atoms with van der Waals surface area (Å²) < 4.78 is 5.30. The van der Waals surface area contributed by atoms with Crippen molar-refractivity contribution in [2.45, 2.75) is 39.2 Å². The summed E-state index contributed by atoms with van der Waals surface area (Å²) in [5.41, 5.74) is -0.176. The highest BCUT2D eigenvalue weighted by Crippen LogP contribution is 2.13. The molecule has 0 aromatic heterocycles. The molecule has 0 saturated carbocycles. The number of ether oxygens (including phenoxy) is 1. The molecule has 4 heteroatoms. The van der Waals surface area contributed by atoms with E-state index in [2.05, 4.69) is 6.92 Å². The van der Waals surface area contributed by atoms with E-state index < -0.39 is 5.97 Å². The van der Waals surface area contributed by atoms with Gasteiger partial charge in [-0.05, 0) is 33.2 Å². The summed E-state index contributed by atoms with van der Waals surface area (Å²) in [4.78, 5) is 12.6. The fraction of sp³-hybridized carbons (Fsp3) is 0.909. The number of carboxylic acids is 1. The zero-order chi connectivity index (χ0) is 11.9. The minimum atomic E-state index is -0.765. The lowest BCUT2D eigenvalue weighted by molar-refractivity contribution is -0.138. The summed E-state index contributed by atoms with van der Waals surface area (Å²) in [5.74, 6) is -0.765. The van der Waals surface area contributed by atoms with Crippen LogP contribution in [0.5, 0.6) is 0 Å². The Bertz CT molecular complexity index is 192. The van der Waals surface area contributed by atoms with Gasteiger partial charge in [0, 0.05) is 13.7 Å². The molecule has 0 aromatic rings. The van der Waals surface area contributed by atoms with Crippen LogP contribution in [-0.2, 0) is 9.53 Å². The van der Waals surface area contributed by atoms with E-state index in [0.29, 0.717) is 0 Å². The number of hydrogen-bond donors (Lipinski definition) is 1. The predicted octanol–water partition coefficient (Wildman–Crippen LogP) is 1.60. The molecule has 15 heavy (non-hydrogen) atoms. The second-order valence-corrected chi connectivity index (χ2v) is 4.38. The van der Waals surface area contributed by atoms with E-state index in [0.717, 1.165) is 25.9 Å². The molecule has 90 valence electrons. The van der Waals surface area contributed by atoms with Gasteiger partial charge in [-0.1, -0.05) is 6.92 Å². The maximum Gasteiger partial charge on any atom is 0.317 e. The monoisotopic (exact) mass is 217 g/mol. The van der Waals surface area contributed by atoms with Crippen LogP contribution in [-0.4, -0.2) is 48.3 Å². The minimum absolute atomic E-state index is 0.119. The standard InChI is InChI=1S/C11H23NO3/c1-5-7-12(9-10(13)14)8-6-11(2,3)15-4/h5-9H2,1-4H3,(H,13,14). The molecule has 0 rings (SSSR count). The number of rotatable bonds is 8. The van der Waals surface area contributed by atoms with Crippen LogP contribution in [0.1, 0.15) is 33.6 Å². The average molecular weight is 217 g/mol. The van der Waals surface area contributed by atoms with E-state index in [1.807, 2.05) is 18.7 Å². The Hall–Kier alpha value is -0.610. The van der Waals surface area contributed by atoms with Crippen LogP contribution in [0.2, 0.25) is 0 Å². The van der Waals surface area contributed by atoms with Crippen molar-refractivity contribution in [1.29, 1.82) is 0 Å². The van der Waals surface area contributed by atoms with Crippen molar-refractivity contribution in [3.05, 3.63) is 0 Å². The van der Waals surface area contributed by atoms with Crippen LogP contribution in [0.25, 0.3) is 0 Å². The molecule has 0 saturated heterocycles. The van der Waals surface area contributed by atoms with Crippen molar-refractivity contribution in [3.8, 4) is 0 Å². The predicted molar refractivity (Wildman–Crippen MR) is 60.1 cm³/mol. The van der Waals surface area contributed by atoms with Crippen LogP contribution >= 0.6 is 0 Å². The molecule has 0 unspecified atom stereocenters. The lowest BCUT2D eigenvalue weighted by Crippen LogP contribution is -2.36. The number of carbonyl (C=O) groups is 1. The highest BCUT2D eigenvalue weighted by molar-refractivity contribution is 5.69. The Morgan fingerprint density at radius 1 is 1.40 bits per heavy atom. The quantitative estimate of drug-likeness (QED) is 0.671. The summed E-state index contributed by atoms with van der Waals surface area (Å²) in [6.07, 6.45) is 1.82. The van der Waals surface area contributed by atoms with Gasteiger partial charge in [0.05, 0.1) is 12.1 Å². The maximum atomic E-state index is 10.6. The second-order valence-electron chi connectivity index (χ2n) is 4.38. The fourth-order valence-electron chi connectivity index (χ4n) is 1.31. The van der Waals surface area contributed by atoms with Crippen molar-refractivity contribution in [1.82, 2.24) is 4.90 Å². The number of nitrogens with zero attached hydrogens (tertiary/aromatic N) is 1. The van der Waals surface area contributed by atoms with Crippen molar-refractivity contribution >= 4 is 5.97 Å². The molecule has 0 bridgehead atoms. The number of methoxy groups -OCH3 is 1. The number of carboxylic acid groups (broad SMARTS) is 1. The van der Waals surface area contributed by atoms with Crippen LogP contribution in [0.4, 0.5) is 0 Å². The minimum Gasteiger partial charge on any atom is -0.480 e. The highest BCUT2D eigenvalue weighted by Gasteiger charge is 2.18. The van der Waals surface area contributed by atoms with Gasteiger partial charge in [-0.2, -0.15) is 0 Å². The Balaban J connectivity index is 4.00. The Morgan fingerprint density at radius 3 is 2.40 bits per heavy atom. The third-order valence-electron chi connectivity index (χ3n) is 2.48. The third kappa shape index (κ3) is 7.33.